The average molecular weight is 318 g/mol. The summed E-state index contributed by atoms with van der Waals surface area (Å²) >= 11 is 1.44. The largest absolute Gasteiger partial charge is 0.357 e. The lowest BCUT2D eigenvalue weighted by molar-refractivity contribution is 0.629. The van der Waals surface area contributed by atoms with Crippen LogP contribution in [0.3, 0.4) is 0 Å². The summed E-state index contributed by atoms with van der Waals surface area (Å²) in [5.41, 5.74) is 1.20. The van der Waals surface area contributed by atoms with Crippen LogP contribution in [0.25, 0.3) is 10.9 Å². The van der Waals surface area contributed by atoms with Gasteiger partial charge in [0.1, 0.15) is 11.6 Å². The van der Waals surface area contributed by atoms with E-state index in [9.17, 15) is 9.18 Å². The number of hydrogen-bond donors (Lipinski definition) is 2. The highest BCUT2D eigenvalue weighted by atomic mass is 32.2. The molecule has 5 nitrogen and oxygen atoms in total. The fourth-order valence-corrected chi connectivity index (χ4v) is 2.91. The Morgan fingerprint density at radius 2 is 2.18 bits per heavy atom. The molecule has 0 unspecified atom stereocenters. The molecule has 1 aromatic carbocycles. The van der Waals surface area contributed by atoms with Gasteiger partial charge in [-0.1, -0.05) is 18.7 Å². The van der Waals surface area contributed by atoms with Crippen molar-refractivity contribution in [2.45, 2.75) is 30.7 Å². The third-order valence-corrected chi connectivity index (χ3v) is 4.10. The van der Waals surface area contributed by atoms with E-state index in [-0.39, 0.29) is 5.43 Å². The average Bonchev–Trinajstić information content (AvgIpc) is 2.94. The molecule has 114 valence electrons. The third kappa shape index (κ3) is 3.19. The van der Waals surface area contributed by atoms with Crippen molar-refractivity contribution in [3.05, 3.63) is 51.8 Å². The first-order valence-corrected chi connectivity index (χ1v) is 8.00. The zero-order chi connectivity index (χ0) is 15.5. The lowest BCUT2D eigenvalue weighted by Crippen LogP contribution is -2.05. The fraction of sp³-hybridized carbons (Fsp3) is 0.267. The van der Waals surface area contributed by atoms with Crippen LogP contribution in [0.15, 0.2) is 34.2 Å². The van der Waals surface area contributed by atoms with E-state index in [4.69, 9.17) is 0 Å². The van der Waals surface area contributed by atoms with Crippen molar-refractivity contribution in [2.24, 2.45) is 0 Å². The number of aromatic nitrogens is 4. The van der Waals surface area contributed by atoms with E-state index in [1.807, 2.05) is 0 Å². The molecule has 22 heavy (non-hydrogen) atoms. The van der Waals surface area contributed by atoms with Gasteiger partial charge in [0.2, 0.25) is 5.16 Å². The van der Waals surface area contributed by atoms with Crippen molar-refractivity contribution < 1.29 is 4.39 Å². The molecule has 0 spiro atoms. The SMILES string of the molecule is CCCc1nc(SCc2cc(=O)c3cc(F)ccc3[nH]2)n[nH]1. The van der Waals surface area contributed by atoms with E-state index < -0.39 is 5.82 Å². The van der Waals surface area contributed by atoms with Gasteiger partial charge >= 0.3 is 0 Å². The topological polar surface area (TPSA) is 74.4 Å². The molecule has 0 aliphatic rings. The van der Waals surface area contributed by atoms with E-state index in [1.165, 1.54) is 30.0 Å². The first kappa shape index (κ1) is 14.8. The third-order valence-electron chi connectivity index (χ3n) is 3.20. The number of H-pyrrole nitrogens is 2. The van der Waals surface area contributed by atoms with Crippen molar-refractivity contribution in [3.63, 3.8) is 0 Å². The number of halogens is 1. The molecule has 3 aromatic rings. The molecule has 0 amide bonds. The summed E-state index contributed by atoms with van der Waals surface area (Å²) in [5.74, 6) is 1.00. The van der Waals surface area contributed by atoms with Gasteiger partial charge < -0.3 is 4.98 Å². The number of pyridine rings is 1. The molecule has 2 aromatic heterocycles. The second-order valence-electron chi connectivity index (χ2n) is 4.95. The lowest BCUT2D eigenvalue weighted by atomic mass is 10.2. The van der Waals surface area contributed by atoms with Crippen LogP contribution in [0.1, 0.15) is 24.9 Å². The first-order valence-electron chi connectivity index (χ1n) is 7.01. The molecule has 0 aliphatic carbocycles. The quantitative estimate of drug-likeness (QED) is 0.709. The van der Waals surface area contributed by atoms with Gasteiger partial charge in [-0.25, -0.2) is 9.37 Å². The van der Waals surface area contributed by atoms with Gasteiger partial charge in [0.05, 0.1) is 0 Å². The summed E-state index contributed by atoms with van der Waals surface area (Å²) < 4.78 is 13.2. The van der Waals surface area contributed by atoms with Crippen molar-refractivity contribution in [2.75, 3.05) is 0 Å². The van der Waals surface area contributed by atoms with Crippen LogP contribution in [-0.2, 0) is 12.2 Å². The smallest absolute Gasteiger partial charge is 0.208 e. The van der Waals surface area contributed by atoms with Gasteiger partial charge in [0.25, 0.3) is 0 Å². The molecular weight excluding hydrogens is 303 g/mol. The van der Waals surface area contributed by atoms with Crippen LogP contribution < -0.4 is 5.43 Å². The minimum Gasteiger partial charge on any atom is -0.357 e. The zero-order valence-corrected chi connectivity index (χ0v) is 12.8. The molecule has 0 aliphatic heterocycles. The number of aryl methyl sites for hydroxylation is 1. The molecule has 2 N–H and O–H groups in total. The number of hydrogen-bond acceptors (Lipinski definition) is 4. The number of benzene rings is 1. The van der Waals surface area contributed by atoms with E-state index >= 15 is 0 Å². The molecule has 0 radical (unpaired) electrons. The number of nitrogens with one attached hydrogen (secondary N) is 2. The van der Waals surface area contributed by atoms with Crippen molar-refractivity contribution in [3.8, 4) is 0 Å². The Balaban J connectivity index is 1.78. The van der Waals surface area contributed by atoms with Gasteiger partial charge in [0.15, 0.2) is 5.43 Å². The Hall–Kier alpha value is -2.15. The molecule has 0 atom stereocenters. The predicted octanol–water partition coefficient (Wildman–Crippen LogP) is 3.03. The van der Waals surface area contributed by atoms with Gasteiger partial charge in [-0.2, -0.15) is 0 Å². The molecule has 3 rings (SSSR count). The Morgan fingerprint density at radius 3 is 3.00 bits per heavy atom. The monoisotopic (exact) mass is 318 g/mol. The van der Waals surface area contributed by atoms with Gasteiger partial charge in [-0.3, -0.25) is 9.89 Å². The molecule has 0 bridgehead atoms. The molecule has 2 heterocycles. The molecule has 0 saturated heterocycles. The Bertz CT molecular complexity index is 858. The molecule has 7 heteroatoms. The van der Waals surface area contributed by atoms with Gasteiger partial charge in [0, 0.05) is 34.8 Å². The Labute approximate surface area is 130 Å². The standard InChI is InChI=1S/C15H15FN4OS/c1-2-3-14-18-15(20-19-14)22-8-10-7-13(21)11-6-9(16)4-5-12(11)17-10/h4-7H,2-3,8H2,1H3,(H,17,21)(H,18,19,20). The molecule has 0 fully saturated rings. The van der Waals surface area contributed by atoms with E-state index in [2.05, 4.69) is 27.1 Å². The van der Waals surface area contributed by atoms with E-state index in [0.717, 1.165) is 24.4 Å². The summed E-state index contributed by atoms with van der Waals surface area (Å²) in [6.07, 6.45) is 1.87. The predicted molar refractivity (Wildman–Crippen MR) is 84.5 cm³/mol. The minimum absolute atomic E-state index is 0.189. The van der Waals surface area contributed by atoms with Gasteiger partial charge in [-0.15, -0.1) is 5.10 Å². The number of rotatable bonds is 5. The normalized spacial score (nSPS) is 11.2. The summed E-state index contributed by atoms with van der Waals surface area (Å²) in [5, 5.41) is 8.04. The number of thioether (sulfide) groups is 1. The van der Waals surface area contributed by atoms with Crippen LogP contribution in [0, 0.1) is 5.82 Å². The van der Waals surface area contributed by atoms with Crippen LogP contribution >= 0.6 is 11.8 Å². The van der Waals surface area contributed by atoms with Crippen molar-refractivity contribution in [1.29, 1.82) is 0 Å². The van der Waals surface area contributed by atoms with Crippen molar-refractivity contribution >= 4 is 22.7 Å². The zero-order valence-electron chi connectivity index (χ0n) is 12.0. The van der Waals surface area contributed by atoms with E-state index in [0.29, 0.717) is 21.8 Å². The maximum atomic E-state index is 13.2. The molecule has 0 saturated carbocycles. The van der Waals surface area contributed by atoms with Gasteiger partial charge in [-0.05, 0) is 24.6 Å². The highest BCUT2D eigenvalue weighted by molar-refractivity contribution is 7.98. The summed E-state index contributed by atoms with van der Waals surface area (Å²) in [4.78, 5) is 19.5. The second-order valence-corrected chi connectivity index (χ2v) is 5.89. The first-order chi connectivity index (χ1) is 10.7. The Morgan fingerprint density at radius 1 is 1.32 bits per heavy atom. The number of aromatic amines is 2. The van der Waals surface area contributed by atoms with E-state index in [1.54, 1.807) is 6.07 Å². The lowest BCUT2D eigenvalue weighted by Gasteiger charge is -2.03. The van der Waals surface area contributed by atoms with Crippen LogP contribution in [0.5, 0.6) is 0 Å². The van der Waals surface area contributed by atoms with Crippen LogP contribution in [0.4, 0.5) is 4.39 Å². The minimum atomic E-state index is -0.413. The fourth-order valence-electron chi connectivity index (χ4n) is 2.19. The highest BCUT2D eigenvalue weighted by Crippen LogP contribution is 2.19. The summed E-state index contributed by atoms with van der Waals surface area (Å²) in [7, 11) is 0. The van der Waals surface area contributed by atoms with Crippen molar-refractivity contribution in [1.82, 2.24) is 20.2 Å². The van der Waals surface area contributed by atoms with Crippen LogP contribution in [0.2, 0.25) is 0 Å². The number of nitrogens with zero attached hydrogens (tertiary/aromatic N) is 2. The maximum absolute atomic E-state index is 13.2. The number of fused-ring (bicyclic) bond motifs is 1. The maximum Gasteiger partial charge on any atom is 0.208 e. The second kappa shape index (κ2) is 6.31. The summed E-state index contributed by atoms with van der Waals surface area (Å²) in [6.45, 7) is 2.08. The molecular formula is C15H15FN4OS. The van der Waals surface area contributed by atoms with Crippen LogP contribution in [-0.4, -0.2) is 20.2 Å². The Kier molecular flexibility index (Phi) is 4.24. The highest BCUT2D eigenvalue weighted by Gasteiger charge is 2.07. The summed E-state index contributed by atoms with van der Waals surface area (Å²) in [6, 6.07) is 5.65.